The zero-order valence-electron chi connectivity index (χ0n) is 14.2. The highest BCUT2D eigenvalue weighted by molar-refractivity contribution is 5.89. The largest absolute Gasteiger partial charge is 0.460 e. The van der Waals surface area contributed by atoms with Gasteiger partial charge in [0, 0.05) is 6.54 Å². The van der Waals surface area contributed by atoms with E-state index in [1.807, 2.05) is 26.8 Å². The summed E-state index contributed by atoms with van der Waals surface area (Å²) in [5.74, 6) is -0.00256. The molecule has 1 aliphatic rings. The van der Waals surface area contributed by atoms with Crippen molar-refractivity contribution in [2.75, 3.05) is 13.2 Å². The van der Waals surface area contributed by atoms with Crippen molar-refractivity contribution in [3.05, 3.63) is 35.9 Å². The molecule has 0 aromatic heterocycles. The van der Waals surface area contributed by atoms with E-state index in [0.717, 1.165) is 6.42 Å². The Hall–Kier alpha value is -2.04. The topological polar surface area (TPSA) is 55.8 Å². The summed E-state index contributed by atoms with van der Waals surface area (Å²) < 4.78 is 10.8. The van der Waals surface area contributed by atoms with Gasteiger partial charge in [0.25, 0.3) is 0 Å². The van der Waals surface area contributed by atoms with E-state index in [1.165, 1.54) is 0 Å². The highest BCUT2D eigenvalue weighted by atomic mass is 16.6. The highest BCUT2D eigenvalue weighted by Crippen LogP contribution is 2.25. The van der Waals surface area contributed by atoms with Crippen LogP contribution in [0.4, 0.5) is 4.79 Å². The van der Waals surface area contributed by atoms with Crippen molar-refractivity contribution < 1.29 is 19.1 Å². The first-order valence-electron chi connectivity index (χ1n) is 7.98. The predicted octanol–water partition coefficient (Wildman–Crippen LogP) is 3.49. The van der Waals surface area contributed by atoms with Crippen molar-refractivity contribution in [2.24, 2.45) is 5.92 Å². The van der Waals surface area contributed by atoms with Crippen molar-refractivity contribution >= 4 is 12.1 Å². The Morgan fingerprint density at radius 1 is 1.22 bits per heavy atom. The quantitative estimate of drug-likeness (QED) is 0.800. The van der Waals surface area contributed by atoms with Gasteiger partial charge >= 0.3 is 12.1 Å². The maximum absolute atomic E-state index is 12.3. The molecule has 0 radical (unpaired) electrons. The molecule has 1 saturated heterocycles. The van der Waals surface area contributed by atoms with Crippen molar-refractivity contribution in [3.8, 4) is 0 Å². The minimum Gasteiger partial charge on any atom is -0.460 e. The number of carbonyl (C=O) groups is 2. The Kier molecular flexibility index (Phi) is 5.29. The van der Waals surface area contributed by atoms with Crippen molar-refractivity contribution in [1.29, 1.82) is 0 Å². The molecule has 23 heavy (non-hydrogen) atoms. The van der Waals surface area contributed by atoms with E-state index in [-0.39, 0.29) is 24.7 Å². The Bertz CT molecular complexity index is 550. The molecule has 0 N–H and O–H groups in total. The third-order valence-electron chi connectivity index (χ3n) is 3.67. The average Bonchev–Trinajstić information content (AvgIpc) is 2.85. The van der Waals surface area contributed by atoms with Gasteiger partial charge in [0.1, 0.15) is 12.2 Å². The number of ether oxygens (including phenoxy) is 2. The van der Waals surface area contributed by atoms with E-state index >= 15 is 0 Å². The zero-order chi connectivity index (χ0) is 17.0. The third kappa shape index (κ3) is 4.98. The molecule has 0 aliphatic carbocycles. The smallest absolute Gasteiger partial charge is 0.410 e. The van der Waals surface area contributed by atoms with Crippen LogP contribution in [0.15, 0.2) is 30.3 Å². The fraction of sp³-hybridized carbons (Fsp3) is 0.556. The number of likely N-dealkylation sites (tertiary alicyclic amines) is 1. The van der Waals surface area contributed by atoms with Crippen LogP contribution in [0.3, 0.4) is 0 Å². The van der Waals surface area contributed by atoms with Gasteiger partial charge in [0.2, 0.25) is 0 Å². The molecule has 1 unspecified atom stereocenters. The summed E-state index contributed by atoms with van der Waals surface area (Å²) in [6.45, 7) is 8.43. The number of nitrogens with zero attached hydrogens (tertiary/aromatic N) is 1. The summed E-state index contributed by atoms with van der Waals surface area (Å²) in [5.41, 5.74) is -0.0175. The van der Waals surface area contributed by atoms with E-state index in [0.29, 0.717) is 18.0 Å². The lowest BCUT2D eigenvalue weighted by Crippen LogP contribution is -2.42. The van der Waals surface area contributed by atoms with Crippen LogP contribution in [0.1, 0.15) is 44.5 Å². The summed E-state index contributed by atoms with van der Waals surface area (Å²) in [4.78, 5) is 26.0. The highest BCUT2D eigenvalue weighted by Gasteiger charge is 2.36. The first-order chi connectivity index (χ1) is 10.8. The van der Waals surface area contributed by atoms with Crippen LogP contribution in [0, 0.1) is 5.92 Å². The fourth-order valence-electron chi connectivity index (χ4n) is 2.68. The number of benzene rings is 1. The summed E-state index contributed by atoms with van der Waals surface area (Å²) in [7, 11) is 0. The van der Waals surface area contributed by atoms with Gasteiger partial charge in [0.05, 0.1) is 11.6 Å². The van der Waals surface area contributed by atoms with E-state index in [1.54, 1.807) is 29.2 Å². The molecule has 5 heteroatoms. The van der Waals surface area contributed by atoms with Crippen LogP contribution in [0.25, 0.3) is 0 Å². The summed E-state index contributed by atoms with van der Waals surface area (Å²) >= 11 is 0. The van der Waals surface area contributed by atoms with E-state index in [4.69, 9.17) is 9.47 Å². The molecule has 1 heterocycles. The van der Waals surface area contributed by atoms with E-state index in [2.05, 4.69) is 6.92 Å². The lowest BCUT2D eigenvalue weighted by Gasteiger charge is -2.28. The molecule has 0 bridgehead atoms. The molecular formula is C18H25NO4. The van der Waals surface area contributed by atoms with E-state index in [9.17, 15) is 9.59 Å². The summed E-state index contributed by atoms with van der Waals surface area (Å²) in [6.07, 6.45) is 0.462. The Morgan fingerprint density at radius 2 is 1.87 bits per heavy atom. The van der Waals surface area contributed by atoms with Gasteiger partial charge in [0.15, 0.2) is 0 Å². The number of esters is 1. The van der Waals surface area contributed by atoms with Crippen LogP contribution in [0.2, 0.25) is 0 Å². The monoisotopic (exact) mass is 319 g/mol. The number of hydrogen-bond donors (Lipinski definition) is 0. The fourth-order valence-corrected chi connectivity index (χ4v) is 2.68. The maximum atomic E-state index is 12.3. The molecule has 2 rings (SSSR count). The molecule has 2 atom stereocenters. The minimum absolute atomic E-state index is 0.132. The SMILES string of the molecule is CC1C[C@@H](COC(=O)c2ccccc2)N(C(=O)OC(C)(C)C)C1. The van der Waals surface area contributed by atoms with Crippen molar-refractivity contribution in [2.45, 2.75) is 45.8 Å². The maximum Gasteiger partial charge on any atom is 0.410 e. The number of rotatable bonds is 3. The Morgan fingerprint density at radius 3 is 2.48 bits per heavy atom. The standard InChI is InChI=1S/C18H25NO4/c1-13-10-15(19(11-13)17(21)23-18(2,3)4)12-22-16(20)14-8-6-5-7-9-14/h5-9,13,15H,10-12H2,1-4H3/t13?,15-/m0/s1. The normalized spacial score (nSPS) is 21.1. The van der Waals surface area contributed by atoms with Gasteiger partial charge < -0.3 is 14.4 Å². The molecule has 0 spiro atoms. The minimum atomic E-state index is -0.534. The van der Waals surface area contributed by atoms with Crippen LogP contribution in [0.5, 0.6) is 0 Å². The van der Waals surface area contributed by atoms with Gasteiger partial charge in [-0.2, -0.15) is 0 Å². The lowest BCUT2D eigenvalue weighted by molar-refractivity contribution is 0.0104. The van der Waals surface area contributed by atoms with Gasteiger partial charge in [-0.3, -0.25) is 0 Å². The molecule has 0 saturated carbocycles. The van der Waals surface area contributed by atoms with Crippen LogP contribution >= 0.6 is 0 Å². The van der Waals surface area contributed by atoms with Crippen LogP contribution in [-0.2, 0) is 9.47 Å². The molecule has 1 aromatic rings. The van der Waals surface area contributed by atoms with Crippen LogP contribution < -0.4 is 0 Å². The summed E-state index contributed by atoms with van der Waals surface area (Å²) in [5, 5.41) is 0. The van der Waals surface area contributed by atoms with E-state index < -0.39 is 5.60 Å². The second kappa shape index (κ2) is 7.02. The third-order valence-corrected chi connectivity index (χ3v) is 3.67. The second-order valence-corrected chi connectivity index (χ2v) is 7.09. The molecule has 1 aromatic carbocycles. The lowest BCUT2D eigenvalue weighted by atomic mass is 10.1. The van der Waals surface area contributed by atoms with Gasteiger partial charge in [-0.1, -0.05) is 25.1 Å². The van der Waals surface area contributed by atoms with Gasteiger partial charge in [-0.05, 0) is 45.2 Å². The Labute approximate surface area is 137 Å². The predicted molar refractivity (Wildman–Crippen MR) is 87.2 cm³/mol. The Balaban J connectivity index is 1.94. The molecule has 1 aliphatic heterocycles. The van der Waals surface area contributed by atoms with Crippen molar-refractivity contribution in [3.63, 3.8) is 0 Å². The van der Waals surface area contributed by atoms with Crippen molar-refractivity contribution in [1.82, 2.24) is 4.90 Å². The molecule has 1 amide bonds. The zero-order valence-corrected chi connectivity index (χ0v) is 14.2. The first kappa shape index (κ1) is 17.3. The van der Waals surface area contributed by atoms with Crippen LogP contribution in [-0.4, -0.2) is 41.8 Å². The molecule has 126 valence electrons. The molecule has 5 nitrogen and oxygen atoms in total. The second-order valence-electron chi connectivity index (χ2n) is 7.09. The first-order valence-corrected chi connectivity index (χ1v) is 7.98. The number of carbonyl (C=O) groups excluding carboxylic acids is 2. The average molecular weight is 319 g/mol. The molecular weight excluding hydrogens is 294 g/mol. The van der Waals surface area contributed by atoms with Gasteiger partial charge in [-0.15, -0.1) is 0 Å². The van der Waals surface area contributed by atoms with Gasteiger partial charge in [-0.25, -0.2) is 9.59 Å². The molecule has 1 fully saturated rings. The number of amides is 1. The number of hydrogen-bond acceptors (Lipinski definition) is 4. The summed E-state index contributed by atoms with van der Waals surface area (Å²) in [6, 6.07) is 8.73.